The highest BCUT2D eigenvalue weighted by Crippen LogP contribution is 2.28. The second-order valence-corrected chi connectivity index (χ2v) is 6.17. The average Bonchev–Trinajstić information content (AvgIpc) is 2.85. The molecule has 1 amide bonds. The van der Waals surface area contributed by atoms with Crippen LogP contribution >= 0.6 is 11.3 Å². The zero-order valence-corrected chi connectivity index (χ0v) is 11.8. The quantitative estimate of drug-likeness (QED) is 0.884. The van der Waals surface area contributed by atoms with Gasteiger partial charge in [-0.2, -0.15) is 0 Å². The van der Waals surface area contributed by atoms with E-state index in [1.54, 1.807) is 11.3 Å². The maximum Gasteiger partial charge on any atom is 0.261 e. The SMILES string of the molecule is Cc1cccc2cc(C(=O)N[C@@H]3CCCNC3)sc12. The van der Waals surface area contributed by atoms with Crippen molar-refractivity contribution in [2.45, 2.75) is 25.8 Å². The maximum absolute atomic E-state index is 12.3. The molecule has 3 rings (SSSR count). The van der Waals surface area contributed by atoms with Crippen LogP contribution in [0.25, 0.3) is 10.1 Å². The molecule has 0 bridgehead atoms. The van der Waals surface area contributed by atoms with Gasteiger partial charge in [0.15, 0.2) is 0 Å². The highest BCUT2D eigenvalue weighted by atomic mass is 32.1. The van der Waals surface area contributed by atoms with Crippen molar-refractivity contribution in [3.8, 4) is 0 Å². The molecule has 4 heteroatoms. The Morgan fingerprint density at radius 2 is 2.37 bits per heavy atom. The number of benzene rings is 1. The number of thiophene rings is 1. The number of hydrogen-bond donors (Lipinski definition) is 2. The number of fused-ring (bicyclic) bond motifs is 1. The predicted octanol–water partition coefficient (Wildman–Crippen LogP) is 2.69. The van der Waals surface area contributed by atoms with Crippen LogP contribution in [0, 0.1) is 6.92 Å². The van der Waals surface area contributed by atoms with Gasteiger partial charge in [-0.15, -0.1) is 11.3 Å². The van der Waals surface area contributed by atoms with Crippen molar-refractivity contribution in [2.24, 2.45) is 0 Å². The first-order valence-electron chi connectivity index (χ1n) is 6.75. The van der Waals surface area contributed by atoms with Gasteiger partial charge in [0.1, 0.15) is 0 Å². The van der Waals surface area contributed by atoms with Crippen LogP contribution in [0.4, 0.5) is 0 Å². The standard InChI is InChI=1S/C15H18N2OS/c1-10-4-2-5-11-8-13(19-14(10)11)15(18)17-12-6-3-7-16-9-12/h2,4-5,8,12,16H,3,6-7,9H2,1H3,(H,17,18)/t12-/m1/s1. The van der Waals surface area contributed by atoms with Crippen LogP contribution in [0.15, 0.2) is 24.3 Å². The topological polar surface area (TPSA) is 41.1 Å². The normalized spacial score (nSPS) is 19.5. The molecule has 2 heterocycles. The van der Waals surface area contributed by atoms with Crippen molar-refractivity contribution in [3.05, 3.63) is 34.7 Å². The molecule has 1 aromatic carbocycles. The number of hydrogen-bond acceptors (Lipinski definition) is 3. The number of carbonyl (C=O) groups excluding carboxylic acids is 1. The highest BCUT2D eigenvalue weighted by Gasteiger charge is 2.18. The molecule has 1 saturated heterocycles. The molecule has 0 spiro atoms. The van der Waals surface area contributed by atoms with Gasteiger partial charge in [0, 0.05) is 17.3 Å². The first-order valence-corrected chi connectivity index (χ1v) is 7.56. The molecule has 3 nitrogen and oxygen atoms in total. The van der Waals surface area contributed by atoms with Crippen LogP contribution < -0.4 is 10.6 Å². The molecule has 0 unspecified atom stereocenters. The third-order valence-electron chi connectivity index (χ3n) is 3.60. The summed E-state index contributed by atoms with van der Waals surface area (Å²) in [5.41, 5.74) is 1.24. The van der Waals surface area contributed by atoms with Crippen molar-refractivity contribution in [1.82, 2.24) is 10.6 Å². The summed E-state index contributed by atoms with van der Waals surface area (Å²) >= 11 is 1.59. The average molecular weight is 274 g/mol. The molecule has 1 atom stereocenters. The largest absolute Gasteiger partial charge is 0.347 e. The van der Waals surface area contributed by atoms with Crippen LogP contribution in [-0.4, -0.2) is 25.0 Å². The summed E-state index contributed by atoms with van der Waals surface area (Å²) in [6.07, 6.45) is 2.21. The predicted molar refractivity (Wildman–Crippen MR) is 79.9 cm³/mol. The van der Waals surface area contributed by atoms with Crippen LogP contribution in [0.3, 0.4) is 0 Å². The highest BCUT2D eigenvalue weighted by molar-refractivity contribution is 7.21. The Kier molecular flexibility index (Phi) is 3.53. The molecule has 0 radical (unpaired) electrons. The Morgan fingerprint density at radius 3 is 3.11 bits per heavy atom. The molecule has 19 heavy (non-hydrogen) atoms. The molecule has 1 aliphatic rings. The van der Waals surface area contributed by atoms with E-state index in [2.05, 4.69) is 29.7 Å². The summed E-state index contributed by atoms with van der Waals surface area (Å²) < 4.78 is 1.22. The third-order valence-corrected chi connectivity index (χ3v) is 4.88. The van der Waals surface area contributed by atoms with E-state index in [9.17, 15) is 4.79 Å². The van der Waals surface area contributed by atoms with Gasteiger partial charge in [0.2, 0.25) is 0 Å². The van der Waals surface area contributed by atoms with Gasteiger partial charge in [0.05, 0.1) is 4.88 Å². The number of aryl methyl sites for hydroxylation is 1. The van der Waals surface area contributed by atoms with Crippen molar-refractivity contribution < 1.29 is 4.79 Å². The van der Waals surface area contributed by atoms with Crippen molar-refractivity contribution >= 4 is 27.3 Å². The second kappa shape index (κ2) is 5.31. The molecular weight excluding hydrogens is 256 g/mol. The summed E-state index contributed by atoms with van der Waals surface area (Å²) in [4.78, 5) is 13.1. The monoisotopic (exact) mass is 274 g/mol. The number of rotatable bonds is 2. The van der Waals surface area contributed by atoms with Crippen LogP contribution in [0.2, 0.25) is 0 Å². The lowest BCUT2D eigenvalue weighted by Crippen LogP contribution is -2.45. The fourth-order valence-corrected chi connectivity index (χ4v) is 3.58. The van der Waals surface area contributed by atoms with E-state index in [0.717, 1.165) is 36.2 Å². The Bertz CT molecular complexity index is 599. The van der Waals surface area contributed by atoms with Crippen molar-refractivity contribution in [2.75, 3.05) is 13.1 Å². The van der Waals surface area contributed by atoms with Gasteiger partial charge in [-0.05, 0) is 43.3 Å². The van der Waals surface area contributed by atoms with E-state index in [1.165, 1.54) is 10.3 Å². The van der Waals surface area contributed by atoms with Gasteiger partial charge in [-0.3, -0.25) is 4.79 Å². The van der Waals surface area contributed by atoms with Crippen molar-refractivity contribution in [3.63, 3.8) is 0 Å². The summed E-state index contributed by atoms with van der Waals surface area (Å²) in [6.45, 7) is 4.04. The van der Waals surface area contributed by atoms with E-state index >= 15 is 0 Å². The van der Waals surface area contributed by atoms with E-state index in [1.807, 2.05) is 12.1 Å². The molecular formula is C15H18N2OS. The van der Waals surface area contributed by atoms with Crippen molar-refractivity contribution in [1.29, 1.82) is 0 Å². The minimum Gasteiger partial charge on any atom is -0.347 e. The zero-order chi connectivity index (χ0) is 13.2. The number of amides is 1. The van der Waals surface area contributed by atoms with Crippen LogP contribution in [0.1, 0.15) is 28.1 Å². The summed E-state index contributed by atoms with van der Waals surface area (Å²) in [6, 6.07) is 8.46. The first-order chi connectivity index (χ1) is 9.24. The molecule has 1 fully saturated rings. The smallest absolute Gasteiger partial charge is 0.261 e. The minimum absolute atomic E-state index is 0.0642. The van der Waals surface area contributed by atoms with E-state index in [-0.39, 0.29) is 11.9 Å². The van der Waals surface area contributed by atoms with Gasteiger partial charge in [0.25, 0.3) is 5.91 Å². The lowest BCUT2D eigenvalue weighted by molar-refractivity contribution is 0.0935. The first kappa shape index (κ1) is 12.6. The molecule has 0 saturated carbocycles. The lowest BCUT2D eigenvalue weighted by atomic mass is 10.1. The van der Waals surface area contributed by atoms with Gasteiger partial charge < -0.3 is 10.6 Å². The zero-order valence-electron chi connectivity index (χ0n) is 11.0. The lowest BCUT2D eigenvalue weighted by Gasteiger charge is -2.23. The Balaban J connectivity index is 1.79. The molecule has 0 aliphatic carbocycles. The van der Waals surface area contributed by atoms with E-state index < -0.39 is 0 Å². The summed E-state index contributed by atoms with van der Waals surface area (Å²) in [5.74, 6) is 0.0642. The summed E-state index contributed by atoms with van der Waals surface area (Å²) in [7, 11) is 0. The fraction of sp³-hybridized carbons (Fsp3) is 0.400. The molecule has 1 aliphatic heterocycles. The van der Waals surface area contributed by atoms with E-state index in [4.69, 9.17) is 0 Å². The van der Waals surface area contributed by atoms with Gasteiger partial charge in [-0.1, -0.05) is 18.2 Å². The maximum atomic E-state index is 12.3. The number of piperidine rings is 1. The Morgan fingerprint density at radius 1 is 1.47 bits per heavy atom. The van der Waals surface area contributed by atoms with Gasteiger partial charge >= 0.3 is 0 Å². The Labute approximate surface area is 117 Å². The van der Waals surface area contributed by atoms with Crippen LogP contribution in [-0.2, 0) is 0 Å². The van der Waals surface area contributed by atoms with Crippen LogP contribution in [0.5, 0.6) is 0 Å². The number of nitrogens with one attached hydrogen (secondary N) is 2. The third kappa shape index (κ3) is 2.65. The number of carbonyl (C=O) groups is 1. The molecule has 1 aromatic heterocycles. The Hall–Kier alpha value is -1.39. The van der Waals surface area contributed by atoms with Gasteiger partial charge in [-0.25, -0.2) is 0 Å². The molecule has 2 N–H and O–H groups in total. The molecule has 2 aromatic rings. The fourth-order valence-electron chi connectivity index (χ4n) is 2.55. The molecule has 100 valence electrons. The second-order valence-electron chi connectivity index (χ2n) is 5.12. The summed E-state index contributed by atoms with van der Waals surface area (Å²) in [5, 5.41) is 7.60. The van der Waals surface area contributed by atoms with E-state index in [0.29, 0.717) is 0 Å². The minimum atomic E-state index is 0.0642.